The molecule has 2 heterocycles. The maximum atomic E-state index is 13.7. The number of fused-ring (bicyclic) bond motifs is 3. The van der Waals surface area contributed by atoms with Gasteiger partial charge >= 0.3 is 5.69 Å². The first-order valence-corrected chi connectivity index (χ1v) is 11.2. The molecule has 0 unspecified atom stereocenters. The van der Waals surface area contributed by atoms with Crippen LogP contribution in [0.2, 0.25) is 0 Å². The molecule has 0 atom stereocenters. The Morgan fingerprint density at radius 2 is 1.73 bits per heavy atom. The fourth-order valence-corrected chi connectivity index (χ4v) is 5.77. The fraction of sp³-hybridized carbons (Fsp3) is 0.280. The van der Waals surface area contributed by atoms with Crippen LogP contribution in [0.25, 0.3) is 15.9 Å². The minimum absolute atomic E-state index is 0.182. The summed E-state index contributed by atoms with van der Waals surface area (Å²) < 4.78 is 3.18. The molecule has 152 valence electrons. The maximum absolute atomic E-state index is 13.7. The molecule has 2 aromatic carbocycles. The van der Waals surface area contributed by atoms with Crippen molar-refractivity contribution in [3.63, 3.8) is 0 Å². The summed E-state index contributed by atoms with van der Waals surface area (Å²) >= 11 is 1.63. The van der Waals surface area contributed by atoms with Crippen LogP contribution in [-0.4, -0.2) is 9.13 Å². The highest BCUT2D eigenvalue weighted by Crippen LogP contribution is 2.35. The van der Waals surface area contributed by atoms with E-state index in [0.717, 1.165) is 57.3 Å². The average Bonchev–Trinajstić information content (AvgIpc) is 3.30. The number of rotatable bonds is 3. The van der Waals surface area contributed by atoms with Gasteiger partial charge in [-0.1, -0.05) is 30.3 Å². The summed E-state index contributed by atoms with van der Waals surface area (Å²) in [7, 11) is 0. The van der Waals surface area contributed by atoms with E-state index >= 15 is 0 Å². The highest BCUT2D eigenvalue weighted by atomic mass is 32.1. The van der Waals surface area contributed by atoms with E-state index in [1.807, 2.05) is 44.2 Å². The van der Waals surface area contributed by atoms with Crippen molar-refractivity contribution in [2.75, 3.05) is 0 Å². The number of hydrogen-bond donors (Lipinski definition) is 0. The number of benzene rings is 2. The zero-order valence-corrected chi connectivity index (χ0v) is 18.3. The minimum Gasteiger partial charge on any atom is -0.279 e. The van der Waals surface area contributed by atoms with E-state index in [2.05, 4.69) is 19.1 Å². The standard InChI is InChI=1S/C25H24N2O2S/c1-15-11-12-19(13-17(15)3)27-23(28)22-20-9-6-10-21(20)30-24(22)26(25(27)29)14-18-8-5-4-7-16(18)2/h4-5,7-8,11-13H,6,9-10,14H2,1-3H3. The second-order valence-corrected chi connectivity index (χ2v) is 9.33. The zero-order chi connectivity index (χ0) is 21.0. The van der Waals surface area contributed by atoms with E-state index in [1.54, 1.807) is 15.9 Å². The Morgan fingerprint density at radius 1 is 0.933 bits per heavy atom. The fourth-order valence-electron chi connectivity index (χ4n) is 4.40. The molecule has 5 heteroatoms. The molecule has 30 heavy (non-hydrogen) atoms. The van der Waals surface area contributed by atoms with E-state index in [4.69, 9.17) is 0 Å². The lowest BCUT2D eigenvalue weighted by Crippen LogP contribution is -2.39. The van der Waals surface area contributed by atoms with Gasteiger partial charge in [0, 0.05) is 4.88 Å². The minimum atomic E-state index is -0.265. The SMILES string of the molecule is Cc1ccc(-n2c(=O)c3c4c(sc3n(Cc3ccccc3C)c2=O)CCC4)cc1C. The lowest BCUT2D eigenvalue weighted by Gasteiger charge is -2.14. The molecule has 0 amide bonds. The van der Waals surface area contributed by atoms with Gasteiger partial charge in [0.1, 0.15) is 4.83 Å². The van der Waals surface area contributed by atoms with Gasteiger partial charge in [0.05, 0.1) is 17.6 Å². The second kappa shape index (κ2) is 7.10. The third kappa shape index (κ3) is 2.88. The molecule has 2 aromatic heterocycles. The summed E-state index contributed by atoms with van der Waals surface area (Å²) in [6.45, 7) is 6.57. The number of aryl methyl sites for hydroxylation is 5. The van der Waals surface area contributed by atoms with Crippen LogP contribution in [0.4, 0.5) is 0 Å². The van der Waals surface area contributed by atoms with Crippen LogP contribution in [0.15, 0.2) is 52.1 Å². The lowest BCUT2D eigenvalue weighted by atomic mass is 10.1. The van der Waals surface area contributed by atoms with Crippen molar-refractivity contribution in [1.29, 1.82) is 0 Å². The number of nitrogens with zero attached hydrogens (tertiary/aromatic N) is 2. The van der Waals surface area contributed by atoms with Crippen molar-refractivity contribution in [3.05, 3.63) is 96.0 Å². The Bertz CT molecular complexity index is 1420. The third-order valence-corrected chi connectivity index (χ3v) is 7.64. The van der Waals surface area contributed by atoms with Gasteiger partial charge in [-0.2, -0.15) is 0 Å². The first kappa shape index (κ1) is 19.1. The maximum Gasteiger partial charge on any atom is 0.337 e. The van der Waals surface area contributed by atoms with Gasteiger partial charge in [-0.05, 0) is 80.0 Å². The van der Waals surface area contributed by atoms with E-state index in [0.29, 0.717) is 12.2 Å². The Labute approximate surface area is 179 Å². The molecule has 0 spiro atoms. The first-order valence-electron chi connectivity index (χ1n) is 10.4. The van der Waals surface area contributed by atoms with Gasteiger partial charge in [0.15, 0.2) is 0 Å². The molecule has 0 radical (unpaired) electrons. The molecule has 1 aliphatic carbocycles. The van der Waals surface area contributed by atoms with Crippen LogP contribution in [0.1, 0.15) is 39.1 Å². The number of hydrogen-bond acceptors (Lipinski definition) is 3. The van der Waals surface area contributed by atoms with E-state index in [1.165, 1.54) is 9.44 Å². The Hall–Kier alpha value is -2.92. The van der Waals surface area contributed by atoms with Gasteiger partial charge in [0.25, 0.3) is 5.56 Å². The second-order valence-electron chi connectivity index (χ2n) is 8.24. The molecule has 0 saturated carbocycles. The van der Waals surface area contributed by atoms with Gasteiger partial charge in [-0.25, -0.2) is 9.36 Å². The van der Waals surface area contributed by atoms with Gasteiger partial charge in [0.2, 0.25) is 0 Å². The molecule has 0 aliphatic heterocycles. The summed E-state index contributed by atoms with van der Waals surface area (Å²) in [5, 5.41) is 0.735. The van der Waals surface area contributed by atoms with Crippen molar-refractivity contribution in [1.82, 2.24) is 9.13 Å². The molecule has 1 aliphatic rings. The molecule has 0 bridgehead atoms. The molecule has 0 saturated heterocycles. The summed E-state index contributed by atoms with van der Waals surface area (Å²) in [6, 6.07) is 13.9. The van der Waals surface area contributed by atoms with Crippen LogP contribution in [-0.2, 0) is 19.4 Å². The molecule has 5 rings (SSSR count). The average molecular weight is 417 g/mol. The predicted octanol–water partition coefficient (Wildman–Crippen LogP) is 4.68. The summed E-state index contributed by atoms with van der Waals surface area (Å²) in [6.07, 6.45) is 2.99. The van der Waals surface area contributed by atoms with Crippen LogP contribution in [0.5, 0.6) is 0 Å². The van der Waals surface area contributed by atoms with E-state index < -0.39 is 0 Å². The van der Waals surface area contributed by atoms with Crippen molar-refractivity contribution in [2.45, 2.75) is 46.6 Å². The predicted molar refractivity (Wildman–Crippen MR) is 123 cm³/mol. The Balaban J connectivity index is 1.85. The Kier molecular flexibility index (Phi) is 4.51. The summed E-state index contributed by atoms with van der Waals surface area (Å²) in [5.41, 5.74) is 5.80. The highest BCUT2D eigenvalue weighted by Gasteiger charge is 2.25. The molecule has 0 fully saturated rings. The highest BCUT2D eigenvalue weighted by molar-refractivity contribution is 7.18. The molecule has 4 aromatic rings. The summed E-state index contributed by atoms with van der Waals surface area (Å²) in [5.74, 6) is 0. The topological polar surface area (TPSA) is 44.0 Å². The van der Waals surface area contributed by atoms with Crippen molar-refractivity contribution < 1.29 is 0 Å². The van der Waals surface area contributed by atoms with Gasteiger partial charge < -0.3 is 0 Å². The van der Waals surface area contributed by atoms with E-state index in [-0.39, 0.29) is 11.2 Å². The van der Waals surface area contributed by atoms with Crippen LogP contribution in [0.3, 0.4) is 0 Å². The molecule has 0 N–H and O–H groups in total. The quantitative estimate of drug-likeness (QED) is 0.487. The molecular weight excluding hydrogens is 392 g/mol. The molecule has 4 nitrogen and oxygen atoms in total. The normalized spacial score (nSPS) is 13.2. The van der Waals surface area contributed by atoms with Crippen molar-refractivity contribution >= 4 is 21.6 Å². The Morgan fingerprint density at radius 3 is 2.50 bits per heavy atom. The molecular formula is C25H24N2O2S. The smallest absolute Gasteiger partial charge is 0.279 e. The third-order valence-electron chi connectivity index (χ3n) is 6.33. The number of thiophene rings is 1. The zero-order valence-electron chi connectivity index (χ0n) is 17.5. The van der Waals surface area contributed by atoms with Crippen LogP contribution >= 0.6 is 11.3 Å². The first-order chi connectivity index (χ1) is 14.5. The van der Waals surface area contributed by atoms with Crippen molar-refractivity contribution in [3.8, 4) is 5.69 Å². The van der Waals surface area contributed by atoms with Crippen LogP contribution in [0, 0.1) is 20.8 Å². The summed E-state index contributed by atoms with van der Waals surface area (Å²) in [4.78, 5) is 29.3. The largest absolute Gasteiger partial charge is 0.337 e. The monoisotopic (exact) mass is 416 g/mol. The van der Waals surface area contributed by atoms with Crippen LogP contribution < -0.4 is 11.2 Å². The lowest BCUT2D eigenvalue weighted by molar-refractivity contribution is 0.715. The van der Waals surface area contributed by atoms with Gasteiger partial charge in [-0.3, -0.25) is 9.36 Å². The number of aromatic nitrogens is 2. The van der Waals surface area contributed by atoms with Crippen molar-refractivity contribution in [2.24, 2.45) is 0 Å². The van der Waals surface area contributed by atoms with E-state index in [9.17, 15) is 9.59 Å². The van der Waals surface area contributed by atoms with Gasteiger partial charge in [-0.15, -0.1) is 11.3 Å².